The van der Waals surface area contributed by atoms with E-state index in [-0.39, 0.29) is 22.2 Å². The Kier molecular flexibility index (Phi) is 7.59. The molecule has 1 aliphatic rings. The third kappa shape index (κ3) is 5.35. The number of ether oxygens (including phenoxy) is 1. The number of amides is 1. The zero-order valence-electron chi connectivity index (χ0n) is 25.0. The van der Waals surface area contributed by atoms with Crippen molar-refractivity contribution in [1.82, 2.24) is 0 Å². The molecule has 0 radical (unpaired) electrons. The summed E-state index contributed by atoms with van der Waals surface area (Å²) in [4.78, 5) is 30.8. The van der Waals surface area contributed by atoms with Crippen molar-refractivity contribution in [3.8, 4) is 5.75 Å². The lowest BCUT2D eigenvalue weighted by Gasteiger charge is -2.27. The van der Waals surface area contributed by atoms with E-state index in [2.05, 4.69) is 41.5 Å². The monoisotopic (exact) mass is 540 g/mol. The highest BCUT2D eigenvalue weighted by Crippen LogP contribution is 2.44. The minimum absolute atomic E-state index is 0.0366. The number of Topliss-reactive ketones (excluding diaryl/α,β-unsaturated/α-hetero) is 1. The molecule has 6 nitrogen and oxygen atoms in total. The van der Waals surface area contributed by atoms with E-state index in [0.29, 0.717) is 17.0 Å². The standard InChI is InChI=1S/C34H40N2O4/c1-33(2,3)22-12-10-21(11-13-22)29-28(30(37)26-20-23(34(4,5)6)14-19-27(26)40-9)31(38)32(39)36(29)25-17-15-24(16-18-25)35(7)8/h10-20,29,37H,1-9H3/b30-28+. The van der Waals surface area contributed by atoms with E-state index in [9.17, 15) is 14.7 Å². The molecule has 1 amide bonds. The summed E-state index contributed by atoms with van der Waals surface area (Å²) in [6.07, 6.45) is 0. The van der Waals surface area contributed by atoms with Crippen LogP contribution in [-0.4, -0.2) is 38.0 Å². The second kappa shape index (κ2) is 10.5. The fourth-order valence-electron chi connectivity index (χ4n) is 5.00. The number of carbonyl (C=O) groups is 2. The van der Waals surface area contributed by atoms with Gasteiger partial charge in [-0.15, -0.1) is 0 Å². The zero-order valence-corrected chi connectivity index (χ0v) is 25.0. The number of carbonyl (C=O) groups excluding carboxylic acids is 2. The van der Waals surface area contributed by atoms with Crippen molar-refractivity contribution in [1.29, 1.82) is 0 Å². The Morgan fingerprint density at radius 2 is 1.38 bits per heavy atom. The van der Waals surface area contributed by atoms with Gasteiger partial charge in [0.25, 0.3) is 11.7 Å². The molecule has 1 atom stereocenters. The molecule has 0 aromatic heterocycles. The number of hydrogen-bond donors (Lipinski definition) is 1. The van der Waals surface area contributed by atoms with Gasteiger partial charge in [-0.2, -0.15) is 0 Å². The van der Waals surface area contributed by atoms with Crippen LogP contribution >= 0.6 is 0 Å². The van der Waals surface area contributed by atoms with Gasteiger partial charge in [-0.3, -0.25) is 14.5 Å². The summed E-state index contributed by atoms with van der Waals surface area (Å²) in [6, 6.07) is 20.2. The van der Waals surface area contributed by atoms with Crippen molar-refractivity contribution in [2.75, 3.05) is 31.0 Å². The molecular formula is C34H40N2O4. The number of hydrogen-bond acceptors (Lipinski definition) is 5. The maximum absolute atomic E-state index is 13.7. The third-order valence-corrected chi connectivity index (χ3v) is 7.50. The lowest BCUT2D eigenvalue weighted by atomic mass is 9.84. The quantitative estimate of drug-likeness (QED) is 0.215. The van der Waals surface area contributed by atoms with Gasteiger partial charge in [0.15, 0.2) is 0 Å². The van der Waals surface area contributed by atoms with E-state index >= 15 is 0 Å². The molecule has 6 heteroatoms. The Labute approximate surface area is 237 Å². The van der Waals surface area contributed by atoms with Crippen molar-refractivity contribution in [2.45, 2.75) is 58.4 Å². The van der Waals surface area contributed by atoms with Crippen LogP contribution in [0.5, 0.6) is 5.75 Å². The van der Waals surface area contributed by atoms with E-state index in [1.165, 1.54) is 12.0 Å². The summed E-state index contributed by atoms with van der Waals surface area (Å²) in [5, 5.41) is 11.8. The number of anilines is 2. The van der Waals surface area contributed by atoms with Gasteiger partial charge in [0.2, 0.25) is 0 Å². The Balaban J connectivity index is 1.97. The summed E-state index contributed by atoms with van der Waals surface area (Å²) in [5.41, 5.74) is 4.52. The van der Waals surface area contributed by atoms with Crippen LogP contribution in [0.3, 0.4) is 0 Å². The number of nitrogens with zero attached hydrogens (tertiary/aromatic N) is 2. The first kappa shape index (κ1) is 28.9. The maximum atomic E-state index is 13.7. The van der Waals surface area contributed by atoms with Crippen molar-refractivity contribution in [3.63, 3.8) is 0 Å². The van der Waals surface area contributed by atoms with Crippen LogP contribution in [0.15, 0.2) is 72.3 Å². The molecule has 1 fully saturated rings. The molecule has 4 rings (SSSR count). The second-order valence-electron chi connectivity index (χ2n) is 12.6. The number of aliphatic hydroxyl groups excluding tert-OH is 1. The van der Waals surface area contributed by atoms with E-state index < -0.39 is 17.7 Å². The van der Waals surface area contributed by atoms with Crippen LogP contribution in [0.1, 0.15) is 69.8 Å². The van der Waals surface area contributed by atoms with Gasteiger partial charge in [0.05, 0.1) is 24.3 Å². The normalized spacial score (nSPS) is 17.3. The second-order valence-corrected chi connectivity index (χ2v) is 12.6. The van der Waals surface area contributed by atoms with Crippen molar-refractivity contribution >= 4 is 28.8 Å². The molecule has 1 heterocycles. The fraction of sp³-hybridized carbons (Fsp3) is 0.353. The van der Waals surface area contributed by atoms with Gasteiger partial charge in [-0.05, 0) is 63.9 Å². The minimum Gasteiger partial charge on any atom is -0.507 e. The third-order valence-electron chi connectivity index (χ3n) is 7.50. The van der Waals surface area contributed by atoms with E-state index in [1.807, 2.05) is 79.7 Å². The zero-order chi connectivity index (χ0) is 29.6. The molecule has 1 saturated heterocycles. The molecule has 210 valence electrons. The lowest BCUT2D eigenvalue weighted by Crippen LogP contribution is -2.29. The van der Waals surface area contributed by atoms with E-state index in [0.717, 1.165) is 22.4 Å². The molecule has 1 N–H and O–H groups in total. The fourth-order valence-corrected chi connectivity index (χ4v) is 5.00. The van der Waals surface area contributed by atoms with Crippen molar-refractivity contribution in [3.05, 3.63) is 94.6 Å². The number of benzene rings is 3. The average Bonchev–Trinajstić information content (AvgIpc) is 3.17. The van der Waals surface area contributed by atoms with E-state index in [4.69, 9.17) is 4.74 Å². The molecule has 0 spiro atoms. The van der Waals surface area contributed by atoms with Gasteiger partial charge in [0, 0.05) is 25.5 Å². The lowest BCUT2D eigenvalue weighted by molar-refractivity contribution is -0.132. The minimum atomic E-state index is -0.817. The molecule has 3 aromatic rings. The van der Waals surface area contributed by atoms with Crippen LogP contribution in [-0.2, 0) is 20.4 Å². The molecule has 1 unspecified atom stereocenters. The smallest absolute Gasteiger partial charge is 0.300 e. The van der Waals surface area contributed by atoms with Crippen molar-refractivity contribution < 1.29 is 19.4 Å². The summed E-state index contributed by atoms with van der Waals surface area (Å²) in [6.45, 7) is 12.6. The highest BCUT2D eigenvalue weighted by atomic mass is 16.5. The van der Waals surface area contributed by atoms with Gasteiger partial charge in [0.1, 0.15) is 11.5 Å². The highest BCUT2D eigenvalue weighted by molar-refractivity contribution is 6.51. The predicted octanol–water partition coefficient (Wildman–Crippen LogP) is 6.98. The number of ketones is 1. The maximum Gasteiger partial charge on any atom is 0.300 e. The molecule has 0 aliphatic carbocycles. The predicted molar refractivity (Wildman–Crippen MR) is 162 cm³/mol. The first-order valence-corrected chi connectivity index (χ1v) is 13.5. The molecule has 0 saturated carbocycles. The van der Waals surface area contributed by atoms with Gasteiger partial charge >= 0.3 is 0 Å². The Morgan fingerprint density at radius 3 is 1.88 bits per heavy atom. The van der Waals surface area contributed by atoms with Crippen LogP contribution in [0, 0.1) is 0 Å². The first-order valence-electron chi connectivity index (χ1n) is 13.5. The average molecular weight is 541 g/mol. The number of aliphatic hydroxyl groups is 1. The first-order chi connectivity index (χ1) is 18.6. The summed E-state index contributed by atoms with van der Waals surface area (Å²) in [7, 11) is 5.41. The van der Waals surface area contributed by atoms with Crippen LogP contribution in [0.25, 0.3) is 5.76 Å². The highest BCUT2D eigenvalue weighted by Gasteiger charge is 2.47. The van der Waals surface area contributed by atoms with Crippen LogP contribution < -0.4 is 14.5 Å². The molecule has 40 heavy (non-hydrogen) atoms. The molecule has 3 aromatic carbocycles. The Hall–Kier alpha value is -4.06. The molecule has 1 aliphatic heterocycles. The van der Waals surface area contributed by atoms with Crippen molar-refractivity contribution in [2.24, 2.45) is 0 Å². The van der Waals surface area contributed by atoms with Gasteiger partial charge < -0.3 is 14.7 Å². The van der Waals surface area contributed by atoms with Gasteiger partial charge in [-0.25, -0.2) is 0 Å². The number of rotatable bonds is 5. The van der Waals surface area contributed by atoms with E-state index in [1.54, 1.807) is 6.07 Å². The Bertz CT molecular complexity index is 1450. The van der Waals surface area contributed by atoms with Crippen LogP contribution in [0.2, 0.25) is 0 Å². The number of methoxy groups -OCH3 is 1. The summed E-state index contributed by atoms with van der Waals surface area (Å²) in [5.74, 6) is -1.25. The summed E-state index contributed by atoms with van der Waals surface area (Å²) < 4.78 is 5.59. The molecule has 0 bridgehead atoms. The topological polar surface area (TPSA) is 70.1 Å². The van der Waals surface area contributed by atoms with Crippen LogP contribution in [0.4, 0.5) is 11.4 Å². The Morgan fingerprint density at radius 1 is 0.825 bits per heavy atom. The summed E-state index contributed by atoms with van der Waals surface area (Å²) >= 11 is 0. The SMILES string of the molecule is COc1ccc(C(C)(C)C)cc1/C(O)=C1\C(=O)C(=O)N(c2ccc(N(C)C)cc2)C1c1ccc(C(C)(C)C)cc1. The molecular weight excluding hydrogens is 500 g/mol. The van der Waals surface area contributed by atoms with Gasteiger partial charge in [-0.1, -0.05) is 71.9 Å². The largest absolute Gasteiger partial charge is 0.507 e.